The molecule has 1 aromatic rings. The highest BCUT2D eigenvalue weighted by atomic mass is 79.9. The van der Waals surface area contributed by atoms with E-state index < -0.39 is 17.6 Å². The standard InChI is InChI=1S/C14H17BrF3NO2/c1-8(2)12(5-6-20)19-13(21)9-3-4-11(15)10(7-9)14(16,17)18/h3-4,7-8,12,20H,5-6H2,1-2H3,(H,19,21). The van der Waals surface area contributed by atoms with Crippen molar-refractivity contribution in [2.45, 2.75) is 32.5 Å². The van der Waals surface area contributed by atoms with Crippen molar-refractivity contribution < 1.29 is 23.1 Å². The van der Waals surface area contributed by atoms with E-state index in [0.29, 0.717) is 6.42 Å². The molecule has 0 aliphatic carbocycles. The van der Waals surface area contributed by atoms with E-state index in [9.17, 15) is 18.0 Å². The van der Waals surface area contributed by atoms with Gasteiger partial charge in [0.2, 0.25) is 0 Å². The topological polar surface area (TPSA) is 49.3 Å². The Bertz CT molecular complexity index is 503. The highest BCUT2D eigenvalue weighted by Crippen LogP contribution is 2.35. The van der Waals surface area contributed by atoms with Crippen molar-refractivity contribution in [1.29, 1.82) is 0 Å². The lowest BCUT2D eigenvalue weighted by molar-refractivity contribution is -0.138. The van der Waals surface area contributed by atoms with Gasteiger partial charge in [-0.25, -0.2) is 0 Å². The first kappa shape index (κ1) is 18.0. The number of carbonyl (C=O) groups excluding carboxylic acids is 1. The minimum Gasteiger partial charge on any atom is -0.396 e. The summed E-state index contributed by atoms with van der Waals surface area (Å²) in [4.78, 5) is 12.0. The molecule has 0 saturated heterocycles. The molecule has 0 aromatic heterocycles. The van der Waals surface area contributed by atoms with E-state index >= 15 is 0 Å². The molecule has 1 unspecified atom stereocenters. The summed E-state index contributed by atoms with van der Waals surface area (Å²) in [5, 5.41) is 11.6. The zero-order chi connectivity index (χ0) is 16.2. The summed E-state index contributed by atoms with van der Waals surface area (Å²) in [6.45, 7) is 3.63. The molecule has 21 heavy (non-hydrogen) atoms. The summed E-state index contributed by atoms with van der Waals surface area (Å²) in [7, 11) is 0. The number of halogens is 4. The van der Waals surface area contributed by atoms with Crippen molar-refractivity contribution in [2.75, 3.05) is 6.61 Å². The average Bonchev–Trinajstić information content (AvgIpc) is 2.37. The van der Waals surface area contributed by atoms with Gasteiger partial charge >= 0.3 is 6.18 Å². The fourth-order valence-electron chi connectivity index (χ4n) is 1.85. The molecule has 2 N–H and O–H groups in total. The van der Waals surface area contributed by atoms with Crippen LogP contribution >= 0.6 is 15.9 Å². The molecule has 0 aliphatic rings. The Morgan fingerprint density at radius 2 is 2.00 bits per heavy atom. The van der Waals surface area contributed by atoms with E-state index in [1.165, 1.54) is 12.1 Å². The summed E-state index contributed by atoms with van der Waals surface area (Å²) in [6, 6.07) is 3.05. The lowest BCUT2D eigenvalue weighted by Crippen LogP contribution is -2.39. The van der Waals surface area contributed by atoms with Crippen LogP contribution in [0.5, 0.6) is 0 Å². The zero-order valence-electron chi connectivity index (χ0n) is 11.7. The van der Waals surface area contributed by atoms with Crippen molar-refractivity contribution in [3.05, 3.63) is 33.8 Å². The van der Waals surface area contributed by atoms with Crippen LogP contribution in [0.25, 0.3) is 0 Å². The average molecular weight is 368 g/mol. The summed E-state index contributed by atoms with van der Waals surface area (Å²) in [5.41, 5.74) is -0.951. The van der Waals surface area contributed by atoms with Gasteiger partial charge in [0.1, 0.15) is 0 Å². The predicted molar refractivity (Wildman–Crippen MR) is 76.9 cm³/mol. The Labute approximate surface area is 129 Å². The maximum Gasteiger partial charge on any atom is 0.417 e. The lowest BCUT2D eigenvalue weighted by atomic mass is 10.0. The molecule has 1 atom stereocenters. The Morgan fingerprint density at radius 3 is 2.48 bits per heavy atom. The van der Waals surface area contributed by atoms with Crippen LogP contribution in [-0.2, 0) is 6.18 Å². The maximum absolute atomic E-state index is 12.8. The minimum absolute atomic E-state index is 0.0610. The second kappa shape index (κ2) is 7.26. The lowest BCUT2D eigenvalue weighted by Gasteiger charge is -2.22. The first-order valence-electron chi connectivity index (χ1n) is 6.45. The van der Waals surface area contributed by atoms with Crippen LogP contribution in [0.1, 0.15) is 36.2 Å². The summed E-state index contributed by atoms with van der Waals surface area (Å²) in [6.07, 6.45) is -4.18. The van der Waals surface area contributed by atoms with Gasteiger partial charge in [-0.1, -0.05) is 29.8 Å². The molecule has 0 fully saturated rings. The Balaban J connectivity index is 2.98. The smallest absolute Gasteiger partial charge is 0.396 e. The number of amides is 1. The van der Waals surface area contributed by atoms with Gasteiger partial charge in [0.15, 0.2) is 0 Å². The predicted octanol–water partition coefficient (Wildman–Crippen LogP) is 3.60. The van der Waals surface area contributed by atoms with Gasteiger partial charge in [0.05, 0.1) is 5.56 Å². The molecule has 7 heteroatoms. The largest absolute Gasteiger partial charge is 0.417 e. The van der Waals surface area contributed by atoms with Crippen molar-refractivity contribution in [2.24, 2.45) is 5.92 Å². The number of aliphatic hydroxyl groups is 1. The van der Waals surface area contributed by atoms with Gasteiger partial charge in [0, 0.05) is 22.7 Å². The third-order valence-corrected chi connectivity index (χ3v) is 3.79. The zero-order valence-corrected chi connectivity index (χ0v) is 13.3. The van der Waals surface area contributed by atoms with Gasteiger partial charge in [-0.2, -0.15) is 13.2 Å². The van der Waals surface area contributed by atoms with Gasteiger partial charge in [-0.05, 0) is 30.5 Å². The first-order valence-corrected chi connectivity index (χ1v) is 7.24. The van der Waals surface area contributed by atoms with Gasteiger partial charge in [-0.15, -0.1) is 0 Å². The second-order valence-corrected chi connectivity index (χ2v) is 5.88. The van der Waals surface area contributed by atoms with E-state index in [0.717, 1.165) is 6.07 Å². The quantitative estimate of drug-likeness (QED) is 0.835. The summed E-state index contributed by atoms with van der Waals surface area (Å²) in [5.74, 6) is -0.515. The Hall–Kier alpha value is -1.08. The molecule has 0 heterocycles. The number of alkyl halides is 3. The molecule has 0 aliphatic heterocycles. The Morgan fingerprint density at radius 1 is 1.38 bits per heavy atom. The summed E-state index contributed by atoms with van der Waals surface area (Å²) < 4.78 is 38.3. The number of hydrogen-bond acceptors (Lipinski definition) is 2. The van der Waals surface area contributed by atoms with Crippen molar-refractivity contribution in [3.8, 4) is 0 Å². The molecule has 1 amide bonds. The van der Waals surface area contributed by atoms with Crippen LogP contribution in [0.3, 0.4) is 0 Å². The highest BCUT2D eigenvalue weighted by Gasteiger charge is 2.33. The van der Waals surface area contributed by atoms with Crippen LogP contribution in [-0.4, -0.2) is 23.7 Å². The molecule has 0 radical (unpaired) electrons. The SMILES string of the molecule is CC(C)C(CCO)NC(=O)c1ccc(Br)c(C(F)(F)F)c1. The number of hydrogen-bond donors (Lipinski definition) is 2. The van der Waals surface area contributed by atoms with Crippen molar-refractivity contribution in [3.63, 3.8) is 0 Å². The van der Waals surface area contributed by atoms with Crippen LogP contribution in [0.15, 0.2) is 22.7 Å². The van der Waals surface area contributed by atoms with Crippen LogP contribution in [0.4, 0.5) is 13.2 Å². The molecule has 118 valence electrons. The number of carbonyl (C=O) groups is 1. The van der Waals surface area contributed by atoms with Crippen LogP contribution in [0, 0.1) is 5.92 Å². The van der Waals surface area contributed by atoms with Gasteiger partial charge < -0.3 is 10.4 Å². The van der Waals surface area contributed by atoms with Crippen LogP contribution in [0.2, 0.25) is 0 Å². The van der Waals surface area contributed by atoms with Crippen molar-refractivity contribution >= 4 is 21.8 Å². The van der Waals surface area contributed by atoms with E-state index in [-0.39, 0.29) is 28.6 Å². The molecule has 1 aromatic carbocycles. The molecular weight excluding hydrogens is 351 g/mol. The Kier molecular flexibility index (Phi) is 6.22. The summed E-state index contributed by atoms with van der Waals surface area (Å²) >= 11 is 2.83. The fraction of sp³-hybridized carbons (Fsp3) is 0.500. The third kappa shape index (κ3) is 5.00. The number of aliphatic hydroxyl groups excluding tert-OH is 1. The van der Waals surface area contributed by atoms with E-state index in [2.05, 4.69) is 21.2 Å². The number of nitrogens with one attached hydrogen (secondary N) is 1. The third-order valence-electron chi connectivity index (χ3n) is 3.10. The molecule has 0 bridgehead atoms. The molecule has 0 spiro atoms. The van der Waals surface area contributed by atoms with E-state index in [1.807, 2.05) is 13.8 Å². The normalized spacial score (nSPS) is 13.3. The molecule has 0 saturated carbocycles. The molecule has 3 nitrogen and oxygen atoms in total. The van der Waals surface area contributed by atoms with Crippen molar-refractivity contribution in [1.82, 2.24) is 5.32 Å². The highest BCUT2D eigenvalue weighted by molar-refractivity contribution is 9.10. The fourth-order valence-corrected chi connectivity index (χ4v) is 2.32. The van der Waals surface area contributed by atoms with E-state index in [1.54, 1.807) is 0 Å². The number of rotatable bonds is 5. The van der Waals surface area contributed by atoms with Gasteiger partial charge in [-0.3, -0.25) is 4.79 Å². The van der Waals surface area contributed by atoms with Gasteiger partial charge in [0.25, 0.3) is 5.91 Å². The van der Waals surface area contributed by atoms with E-state index in [4.69, 9.17) is 5.11 Å². The first-order chi connectivity index (χ1) is 9.66. The maximum atomic E-state index is 12.8. The minimum atomic E-state index is -4.53. The molecule has 1 rings (SSSR count). The molecular formula is C14H17BrF3NO2. The second-order valence-electron chi connectivity index (χ2n) is 5.03. The monoisotopic (exact) mass is 367 g/mol. The number of benzene rings is 1. The van der Waals surface area contributed by atoms with Crippen LogP contribution < -0.4 is 5.32 Å².